The summed E-state index contributed by atoms with van der Waals surface area (Å²) in [6, 6.07) is 8.75. The van der Waals surface area contributed by atoms with Crippen molar-refractivity contribution < 1.29 is 9.47 Å². The molecule has 5 heteroatoms. The summed E-state index contributed by atoms with van der Waals surface area (Å²) in [5.41, 5.74) is 3.12. The second kappa shape index (κ2) is 8.61. The SMILES string of the molecule is CN=C(NCc1ccc(COC2CCOCC2)cc1)N1CCC2(CCC2)C1. The third kappa shape index (κ3) is 4.64. The monoisotopic (exact) mass is 371 g/mol. The topological polar surface area (TPSA) is 46.1 Å². The van der Waals surface area contributed by atoms with Crippen LogP contribution < -0.4 is 5.32 Å². The van der Waals surface area contributed by atoms with Crippen LogP contribution in [0.15, 0.2) is 29.3 Å². The van der Waals surface area contributed by atoms with E-state index in [0.29, 0.717) is 18.1 Å². The number of hydrogen-bond acceptors (Lipinski definition) is 3. The van der Waals surface area contributed by atoms with Crippen molar-refractivity contribution >= 4 is 5.96 Å². The van der Waals surface area contributed by atoms with Crippen LogP contribution in [0, 0.1) is 5.41 Å². The first-order valence-electron chi connectivity index (χ1n) is 10.5. The maximum absolute atomic E-state index is 6.01. The molecule has 148 valence electrons. The molecule has 1 saturated carbocycles. The zero-order valence-electron chi connectivity index (χ0n) is 16.6. The van der Waals surface area contributed by atoms with E-state index in [1.807, 2.05) is 7.05 Å². The van der Waals surface area contributed by atoms with Gasteiger partial charge in [-0.2, -0.15) is 0 Å². The van der Waals surface area contributed by atoms with Crippen LogP contribution in [0.25, 0.3) is 0 Å². The molecule has 3 fully saturated rings. The van der Waals surface area contributed by atoms with Gasteiger partial charge in [-0.05, 0) is 48.6 Å². The number of nitrogens with one attached hydrogen (secondary N) is 1. The highest BCUT2D eigenvalue weighted by Crippen LogP contribution is 2.47. The average Bonchev–Trinajstić information content (AvgIpc) is 3.15. The third-order valence-electron chi connectivity index (χ3n) is 6.49. The van der Waals surface area contributed by atoms with Gasteiger partial charge < -0.3 is 19.7 Å². The summed E-state index contributed by atoms with van der Waals surface area (Å²) in [6.45, 7) is 5.48. The van der Waals surface area contributed by atoms with E-state index >= 15 is 0 Å². The molecule has 0 bridgehead atoms. The number of aliphatic imine (C=N–C) groups is 1. The summed E-state index contributed by atoms with van der Waals surface area (Å²) >= 11 is 0. The first kappa shape index (κ1) is 18.8. The lowest BCUT2D eigenvalue weighted by molar-refractivity contribution is -0.0390. The molecule has 1 aromatic rings. The molecule has 2 saturated heterocycles. The van der Waals surface area contributed by atoms with E-state index in [1.165, 1.54) is 43.4 Å². The van der Waals surface area contributed by atoms with Crippen LogP contribution in [0.4, 0.5) is 0 Å². The zero-order valence-corrected chi connectivity index (χ0v) is 16.6. The van der Waals surface area contributed by atoms with Crippen LogP contribution >= 0.6 is 0 Å². The molecule has 2 aliphatic heterocycles. The van der Waals surface area contributed by atoms with Gasteiger partial charge in [0.05, 0.1) is 12.7 Å². The molecule has 1 aliphatic carbocycles. The Morgan fingerprint density at radius 3 is 2.56 bits per heavy atom. The van der Waals surface area contributed by atoms with Crippen LogP contribution in [0.2, 0.25) is 0 Å². The highest BCUT2D eigenvalue weighted by atomic mass is 16.5. The minimum Gasteiger partial charge on any atom is -0.381 e. The average molecular weight is 372 g/mol. The first-order chi connectivity index (χ1) is 13.3. The molecule has 0 aromatic heterocycles. The maximum Gasteiger partial charge on any atom is 0.193 e. The van der Waals surface area contributed by atoms with Crippen molar-refractivity contribution in [1.82, 2.24) is 10.2 Å². The van der Waals surface area contributed by atoms with E-state index in [4.69, 9.17) is 9.47 Å². The number of rotatable bonds is 5. The fourth-order valence-corrected chi connectivity index (χ4v) is 4.52. The molecule has 0 amide bonds. The van der Waals surface area contributed by atoms with Crippen molar-refractivity contribution in [3.63, 3.8) is 0 Å². The van der Waals surface area contributed by atoms with Crippen molar-refractivity contribution in [2.45, 2.75) is 57.8 Å². The molecule has 2 heterocycles. The smallest absolute Gasteiger partial charge is 0.193 e. The molecule has 0 atom stereocenters. The number of benzene rings is 1. The number of guanidine groups is 1. The van der Waals surface area contributed by atoms with E-state index in [0.717, 1.165) is 45.1 Å². The number of likely N-dealkylation sites (tertiary alicyclic amines) is 1. The second-order valence-electron chi connectivity index (χ2n) is 8.37. The Morgan fingerprint density at radius 1 is 1.19 bits per heavy atom. The third-order valence-corrected chi connectivity index (χ3v) is 6.49. The van der Waals surface area contributed by atoms with Gasteiger partial charge in [0.2, 0.25) is 0 Å². The van der Waals surface area contributed by atoms with Gasteiger partial charge in [-0.1, -0.05) is 30.7 Å². The van der Waals surface area contributed by atoms with Crippen LogP contribution in [-0.4, -0.2) is 50.3 Å². The molecule has 1 aromatic carbocycles. The lowest BCUT2D eigenvalue weighted by atomic mass is 9.68. The Balaban J connectivity index is 1.23. The molecule has 1 N–H and O–H groups in total. The highest BCUT2D eigenvalue weighted by Gasteiger charge is 2.43. The number of hydrogen-bond donors (Lipinski definition) is 1. The quantitative estimate of drug-likeness (QED) is 0.637. The van der Waals surface area contributed by atoms with Crippen LogP contribution in [0.5, 0.6) is 0 Å². The van der Waals surface area contributed by atoms with Gasteiger partial charge in [0.1, 0.15) is 0 Å². The lowest BCUT2D eigenvalue weighted by Gasteiger charge is -2.38. The summed E-state index contributed by atoms with van der Waals surface area (Å²) in [5, 5.41) is 3.55. The molecule has 27 heavy (non-hydrogen) atoms. The predicted octanol–water partition coefficient (Wildman–Crippen LogP) is 3.33. The number of ether oxygens (including phenoxy) is 2. The molecule has 4 rings (SSSR count). The maximum atomic E-state index is 6.01. The van der Waals surface area contributed by atoms with Gasteiger partial charge in [0.15, 0.2) is 5.96 Å². The van der Waals surface area contributed by atoms with E-state index in [9.17, 15) is 0 Å². The van der Waals surface area contributed by atoms with Crippen LogP contribution in [0.3, 0.4) is 0 Å². The Bertz CT molecular complexity index is 633. The van der Waals surface area contributed by atoms with E-state index in [2.05, 4.69) is 39.5 Å². The summed E-state index contributed by atoms with van der Waals surface area (Å²) in [5.74, 6) is 1.05. The summed E-state index contributed by atoms with van der Waals surface area (Å²) < 4.78 is 11.4. The first-order valence-corrected chi connectivity index (χ1v) is 10.5. The summed E-state index contributed by atoms with van der Waals surface area (Å²) in [4.78, 5) is 6.95. The van der Waals surface area contributed by atoms with E-state index < -0.39 is 0 Å². The van der Waals surface area contributed by atoms with Crippen LogP contribution in [-0.2, 0) is 22.6 Å². The molecular formula is C22H33N3O2. The predicted molar refractivity (Wildman–Crippen MR) is 108 cm³/mol. The Hall–Kier alpha value is -1.59. The van der Waals surface area contributed by atoms with Crippen molar-refractivity contribution in [3.05, 3.63) is 35.4 Å². The van der Waals surface area contributed by atoms with E-state index in [1.54, 1.807) is 0 Å². The summed E-state index contributed by atoms with van der Waals surface area (Å²) in [6.07, 6.45) is 7.91. The molecular weight excluding hydrogens is 338 g/mol. The summed E-state index contributed by atoms with van der Waals surface area (Å²) in [7, 11) is 1.89. The highest BCUT2D eigenvalue weighted by molar-refractivity contribution is 5.80. The van der Waals surface area contributed by atoms with E-state index in [-0.39, 0.29) is 0 Å². The Morgan fingerprint density at radius 2 is 1.93 bits per heavy atom. The van der Waals surface area contributed by atoms with Crippen molar-refractivity contribution in [1.29, 1.82) is 0 Å². The fourth-order valence-electron chi connectivity index (χ4n) is 4.52. The van der Waals surface area contributed by atoms with Crippen molar-refractivity contribution in [3.8, 4) is 0 Å². The number of nitrogens with zero attached hydrogens (tertiary/aromatic N) is 2. The zero-order chi connectivity index (χ0) is 18.5. The second-order valence-corrected chi connectivity index (χ2v) is 8.37. The minimum absolute atomic E-state index is 0.350. The minimum atomic E-state index is 0.350. The molecule has 0 unspecified atom stereocenters. The van der Waals surface area contributed by atoms with Gasteiger partial charge in [0.25, 0.3) is 0 Å². The Kier molecular flexibility index (Phi) is 5.98. The van der Waals surface area contributed by atoms with Crippen molar-refractivity contribution in [2.24, 2.45) is 10.4 Å². The van der Waals surface area contributed by atoms with Crippen LogP contribution in [0.1, 0.15) is 49.7 Å². The molecule has 3 aliphatic rings. The molecule has 5 nitrogen and oxygen atoms in total. The molecule has 1 spiro atoms. The van der Waals surface area contributed by atoms with Gasteiger partial charge in [-0.25, -0.2) is 0 Å². The molecule has 0 radical (unpaired) electrons. The Labute approximate surface area is 163 Å². The van der Waals surface area contributed by atoms with Gasteiger partial charge in [0, 0.05) is 39.9 Å². The fraction of sp³-hybridized carbons (Fsp3) is 0.682. The van der Waals surface area contributed by atoms with Crippen molar-refractivity contribution in [2.75, 3.05) is 33.4 Å². The lowest BCUT2D eigenvalue weighted by Crippen LogP contribution is -2.42. The normalized spacial score (nSPS) is 22.9. The van der Waals surface area contributed by atoms with Gasteiger partial charge in [-0.3, -0.25) is 4.99 Å². The standard InChI is InChI=1S/C22H33N3O2/c1-23-21(25-12-11-22(17-25)9-2-10-22)24-15-18-3-5-19(6-4-18)16-27-20-7-13-26-14-8-20/h3-6,20H,2,7-17H2,1H3,(H,23,24). The van der Waals surface area contributed by atoms with Gasteiger partial charge in [-0.15, -0.1) is 0 Å². The van der Waals surface area contributed by atoms with Gasteiger partial charge >= 0.3 is 0 Å². The largest absolute Gasteiger partial charge is 0.381 e.